The maximum Gasteiger partial charge on any atom is 0.416 e. The van der Waals surface area contributed by atoms with E-state index in [4.69, 9.17) is 0 Å². The summed E-state index contributed by atoms with van der Waals surface area (Å²) in [6, 6.07) is 10.9. The second-order valence-corrected chi connectivity index (χ2v) is 5.49. The number of rotatable bonds is 3. The normalized spacial score (nSPS) is 11.5. The van der Waals surface area contributed by atoms with E-state index in [-0.39, 0.29) is 17.9 Å². The zero-order valence-electron chi connectivity index (χ0n) is 12.8. The van der Waals surface area contributed by atoms with Gasteiger partial charge in [0.1, 0.15) is 5.75 Å². The van der Waals surface area contributed by atoms with Gasteiger partial charge >= 0.3 is 6.18 Å². The number of benzene rings is 2. The van der Waals surface area contributed by atoms with Crippen LogP contribution in [0.15, 0.2) is 54.7 Å². The van der Waals surface area contributed by atoms with Crippen LogP contribution in [-0.4, -0.2) is 16.0 Å². The van der Waals surface area contributed by atoms with E-state index < -0.39 is 17.6 Å². The molecule has 0 fully saturated rings. The van der Waals surface area contributed by atoms with E-state index in [0.29, 0.717) is 11.1 Å². The minimum absolute atomic E-state index is 0.110. The van der Waals surface area contributed by atoms with Crippen LogP contribution in [0.1, 0.15) is 11.1 Å². The van der Waals surface area contributed by atoms with Crippen molar-refractivity contribution >= 4 is 22.5 Å². The van der Waals surface area contributed by atoms with Gasteiger partial charge in [0.2, 0.25) is 5.91 Å². The van der Waals surface area contributed by atoms with E-state index in [9.17, 15) is 23.1 Å². The van der Waals surface area contributed by atoms with Crippen molar-refractivity contribution in [1.29, 1.82) is 0 Å². The van der Waals surface area contributed by atoms with E-state index in [1.54, 1.807) is 18.3 Å². The van der Waals surface area contributed by atoms with Crippen molar-refractivity contribution in [3.05, 3.63) is 65.9 Å². The van der Waals surface area contributed by atoms with Gasteiger partial charge in [0.05, 0.1) is 23.2 Å². The lowest BCUT2D eigenvalue weighted by atomic mass is 10.1. The zero-order valence-corrected chi connectivity index (χ0v) is 12.8. The number of nitrogens with zero attached hydrogens (tertiary/aromatic N) is 1. The third-order valence-corrected chi connectivity index (χ3v) is 3.64. The van der Waals surface area contributed by atoms with Gasteiger partial charge in [-0.1, -0.05) is 18.2 Å². The number of carbonyl (C=O) groups excluding carboxylic acids is 1. The molecule has 3 aromatic rings. The first kappa shape index (κ1) is 16.8. The number of halogens is 3. The lowest BCUT2D eigenvalue weighted by Gasteiger charge is -2.10. The zero-order chi connectivity index (χ0) is 18.0. The average molecular weight is 346 g/mol. The number of alkyl halides is 3. The van der Waals surface area contributed by atoms with Crippen molar-refractivity contribution in [3.63, 3.8) is 0 Å². The number of phenols is 1. The molecule has 0 aliphatic heterocycles. The van der Waals surface area contributed by atoms with E-state index in [1.807, 2.05) is 0 Å². The molecule has 2 N–H and O–H groups in total. The third kappa shape index (κ3) is 3.88. The molecule has 0 saturated heterocycles. The summed E-state index contributed by atoms with van der Waals surface area (Å²) in [5, 5.41) is 13.2. The quantitative estimate of drug-likeness (QED) is 0.701. The Bertz CT molecular complexity index is 922. The van der Waals surface area contributed by atoms with Gasteiger partial charge in [-0.25, -0.2) is 0 Å². The molecule has 3 rings (SSSR count). The summed E-state index contributed by atoms with van der Waals surface area (Å²) in [4.78, 5) is 16.2. The molecule has 0 radical (unpaired) electrons. The predicted octanol–water partition coefficient (Wildman–Crippen LogP) is 4.14. The Morgan fingerprint density at radius 2 is 1.84 bits per heavy atom. The maximum atomic E-state index is 12.5. The van der Waals surface area contributed by atoms with Crippen LogP contribution in [0.25, 0.3) is 10.9 Å². The van der Waals surface area contributed by atoms with Crippen LogP contribution in [0.3, 0.4) is 0 Å². The van der Waals surface area contributed by atoms with Crippen LogP contribution in [0.4, 0.5) is 18.9 Å². The monoisotopic (exact) mass is 346 g/mol. The van der Waals surface area contributed by atoms with Gasteiger partial charge < -0.3 is 10.4 Å². The number of amides is 1. The van der Waals surface area contributed by atoms with Crippen LogP contribution in [0.5, 0.6) is 5.75 Å². The molecule has 25 heavy (non-hydrogen) atoms. The van der Waals surface area contributed by atoms with Gasteiger partial charge in [0.25, 0.3) is 0 Å². The van der Waals surface area contributed by atoms with Crippen molar-refractivity contribution in [2.45, 2.75) is 12.6 Å². The first-order valence-electron chi connectivity index (χ1n) is 7.36. The second-order valence-electron chi connectivity index (χ2n) is 5.49. The number of hydrogen-bond donors (Lipinski definition) is 2. The number of hydrogen-bond acceptors (Lipinski definition) is 3. The number of aromatic hydroxyl groups is 1. The van der Waals surface area contributed by atoms with Crippen molar-refractivity contribution in [2.75, 3.05) is 5.32 Å². The maximum absolute atomic E-state index is 12.5. The fourth-order valence-corrected chi connectivity index (χ4v) is 2.40. The summed E-state index contributed by atoms with van der Waals surface area (Å²) in [5.74, 6) is -0.563. The summed E-state index contributed by atoms with van der Waals surface area (Å²) >= 11 is 0. The number of phenolic OH excluding ortho intramolecular Hbond substituents is 1. The smallest absolute Gasteiger partial charge is 0.416 e. The van der Waals surface area contributed by atoms with Crippen LogP contribution in [-0.2, 0) is 17.4 Å². The van der Waals surface area contributed by atoms with Gasteiger partial charge in [-0.3, -0.25) is 9.78 Å². The molecule has 1 amide bonds. The molecular formula is C18H13F3N2O2. The van der Waals surface area contributed by atoms with Crippen molar-refractivity contribution in [1.82, 2.24) is 4.98 Å². The standard InChI is InChI=1S/C18H13F3N2O2/c19-18(20,21)13-5-3-11(4-6-13)8-17(25)23-15-10-14-12(9-16(15)24)2-1-7-22-14/h1-7,9-10,24H,8H2,(H,23,25). The third-order valence-electron chi connectivity index (χ3n) is 3.64. The summed E-state index contributed by atoms with van der Waals surface area (Å²) in [7, 11) is 0. The number of aromatic nitrogens is 1. The van der Waals surface area contributed by atoms with Gasteiger partial charge in [-0.05, 0) is 35.9 Å². The number of anilines is 1. The van der Waals surface area contributed by atoms with E-state index in [2.05, 4.69) is 10.3 Å². The molecule has 0 aliphatic rings. The molecule has 0 spiro atoms. The first-order valence-corrected chi connectivity index (χ1v) is 7.36. The minimum Gasteiger partial charge on any atom is -0.506 e. The highest BCUT2D eigenvalue weighted by Gasteiger charge is 2.29. The summed E-state index contributed by atoms with van der Waals surface area (Å²) in [5.41, 5.74) is 0.465. The molecule has 0 atom stereocenters. The van der Waals surface area contributed by atoms with Gasteiger partial charge in [0, 0.05) is 11.6 Å². The Kier molecular flexibility index (Phi) is 4.31. The van der Waals surface area contributed by atoms with Gasteiger partial charge in [0.15, 0.2) is 0 Å². The lowest BCUT2D eigenvalue weighted by Crippen LogP contribution is -2.14. The molecule has 0 bridgehead atoms. The number of carbonyl (C=O) groups is 1. The SMILES string of the molecule is O=C(Cc1ccc(C(F)(F)F)cc1)Nc1cc2ncccc2cc1O. The summed E-state index contributed by atoms with van der Waals surface area (Å²) in [6.07, 6.45) is -2.93. The molecule has 4 nitrogen and oxygen atoms in total. The summed E-state index contributed by atoms with van der Waals surface area (Å²) < 4.78 is 37.6. The van der Waals surface area contributed by atoms with E-state index in [1.165, 1.54) is 24.3 Å². The molecule has 0 unspecified atom stereocenters. The number of fused-ring (bicyclic) bond motifs is 1. The Morgan fingerprint density at radius 1 is 1.12 bits per heavy atom. The molecule has 0 saturated carbocycles. The van der Waals surface area contributed by atoms with E-state index in [0.717, 1.165) is 17.5 Å². The Labute approximate surface area is 140 Å². The Hall–Kier alpha value is -3.09. The molecule has 1 aromatic heterocycles. The van der Waals surface area contributed by atoms with Crippen LogP contribution >= 0.6 is 0 Å². The highest BCUT2D eigenvalue weighted by molar-refractivity contribution is 5.96. The minimum atomic E-state index is -4.41. The van der Waals surface area contributed by atoms with Crippen molar-refractivity contribution in [3.8, 4) is 5.75 Å². The average Bonchev–Trinajstić information content (AvgIpc) is 2.55. The lowest BCUT2D eigenvalue weighted by molar-refractivity contribution is -0.137. The molecule has 7 heteroatoms. The van der Waals surface area contributed by atoms with Gasteiger partial charge in [-0.2, -0.15) is 13.2 Å². The fourth-order valence-electron chi connectivity index (χ4n) is 2.40. The predicted molar refractivity (Wildman–Crippen MR) is 87.2 cm³/mol. The Morgan fingerprint density at radius 3 is 2.52 bits per heavy atom. The number of nitrogens with one attached hydrogen (secondary N) is 1. The molecule has 1 heterocycles. The fraction of sp³-hybridized carbons (Fsp3) is 0.111. The second kappa shape index (κ2) is 6.43. The highest BCUT2D eigenvalue weighted by Crippen LogP contribution is 2.30. The van der Waals surface area contributed by atoms with E-state index >= 15 is 0 Å². The van der Waals surface area contributed by atoms with Crippen LogP contribution in [0.2, 0.25) is 0 Å². The molecule has 0 aliphatic carbocycles. The molecule has 128 valence electrons. The number of pyridine rings is 1. The molecule has 2 aromatic carbocycles. The topological polar surface area (TPSA) is 62.2 Å². The largest absolute Gasteiger partial charge is 0.506 e. The summed E-state index contributed by atoms with van der Waals surface area (Å²) in [6.45, 7) is 0. The van der Waals surface area contributed by atoms with Gasteiger partial charge in [-0.15, -0.1) is 0 Å². The van der Waals surface area contributed by atoms with Crippen molar-refractivity contribution < 1.29 is 23.1 Å². The Balaban J connectivity index is 1.73. The first-order chi connectivity index (χ1) is 11.8. The highest BCUT2D eigenvalue weighted by atomic mass is 19.4. The van der Waals surface area contributed by atoms with Crippen LogP contribution < -0.4 is 5.32 Å². The van der Waals surface area contributed by atoms with Crippen molar-refractivity contribution in [2.24, 2.45) is 0 Å². The van der Waals surface area contributed by atoms with Crippen LogP contribution in [0, 0.1) is 0 Å². The molecular weight excluding hydrogens is 333 g/mol.